The van der Waals surface area contributed by atoms with Crippen LogP contribution in [0.3, 0.4) is 0 Å². The molecule has 0 heterocycles. The topological polar surface area (TPSA) is 95.9 Å². The minimum absolute atomic E-state index is 0.000101. The molecule has 1 fully saturated rings. The molecule has 2 aliphatic carbocycles. The Bertz CT molecular complexity index is 1020. The van der Waals surface area contributed by atoms with E-state index in [2.05, 4.69) is 29.6 Å². The highest BCUT2D eigenvalue weighted by Gasteiger charge is 2.31. The van der Waals surface area contributed by atoms with Gasteiger partial charge in [-0.05, 0) is 53.9 Å². The Morgan fingerprint density at radius 2 is 1.66 bits per heavy atom. The van der Waals surface area contributed by atoms with E-state index in [0.29, 0.717) is 13.0 Å². The zero-order chi connectivity index (χ0) is 24.8. The maximum Gasteiger partial charge on any atom is 0.407 e. The molecule has 2 aromatic rings. The molecule has 0 radical (unpaired) electrons. The summed E-state index contributed by atoms with van der Waals surface area (Å²) < 4.78 is 5.66. The highest BCUT2D eigenvalue weighted by molar-refractivity contribution is 5.79. The smallest absolute Gasteiger partial charge is 0.407 e. The van der Waals surface area contributed by atoms with Crippen LogP contribution < -0.4 is 5.32 Å². The summed E-state index contributed by atoms with van der Waals surface area (Å²) in [7, 11) is 0. The van der Waals surface area contributed by atoms with Gasteiger partial charge in [-0.2, -0.15) is 0 Å². The average Bonchev–Trinajstić information content (AvgIpc) is 3.42. The number of nitrogens with one attached hydrogen (secondary N) is 1. The molecule has 2 aliphatic rings. The molecule has 7 heteroatoms. The van der Waals surface area contributed by atoms with Crippen molar-refractivity contribution in [2.24, 2.45) is 5.92 Å². The van der Waals surface area contributed by atoms with Gasteiger partial charge >= 0.3 is 12.1 Å². The number of nitrogens with zero attached hydrogens (tertiary/aromatic N) is 1. The Hall–Kier alpha value is -3.35. The summed E-state index contributed by atoms with van der Waals surface area (Å²) in [5.74, 6) is -0.685. The second kappa shape index (κ2) is 11.4. The molecule has 0 bridgehead atoms. The van der Waals surface area contributed by atoms with E-state index in [1.807, 2.05) is 31.2 Å². The third kappa shape index (κ3) is 6.02. The summed E-state index contributed by atoms with van der Waals surface area (Å²) in [5.41, 5.74) is 4.75. The summed E-state index contributed by atoms with van der Waals surface area (Å²) in [5, 5.41) is 11.9. The molecule has 2 N–H and O–H groups in total. The lowest BCUT2D eigenvalue weighted by atomic mass is 9.98. The Morgan fingerprint density at radius 3 is 2.29 bits per heavy atom. The van der Waals surface area contributed by atoms with E-state index in [9.17, 15) is 14.4 Å². The van der Waals surface area contributed by atoms with Crippen LogP contribution >= 0.6 is 0 Å². The zero-order valence-electron chi connectivity index (χ0n) is 20.2. The largest absolute Gasteiger partial charge is 0.481 e. The minimum atomic E-state index is -0.896. The first-order valence-electron chi connectivity index (χ1n) is 12.6. The van der Waals surface area contributed by atoms with Crippen molar-refractivity contribution >= 4 is 18.0 Å². The predicted octanol–water partition coefficient (Wildman–Crippen LogP) is 4.80. The molecule has 0 saturated heterocycles. The van der Waals surface area contributed by atoms with Gasteiger partial charge in [-0.3, -0.25) is 9.59 Å². The molecule has 0 spiro atoms. The van der Waals surface area contributed by atoms with Crippen LogP contribution in [-0.4, -0.2) is 53.7 Å². The van der Waals surface area contributed by atoms with Crippen LogP contribution in [0.1, 0.15) is 62.5 Å². The third-order valence-electron chi connectivity index (χ3n) is 7.11. The fraction of sp³-hybridized carbons (Fsp3) is 0.464. The first-order valence-corrected chi connectivity index (χ1v) is 12.6. The van der Waals surface area contributed by atoms with Gasteiger partial charge in [0, 0.05) is 31.5 Å². The van der Waals surface area contributed by atoms with Crippen LogP contribution in [0.2, 0.25) is 0 Å². The van der Waals surface area contributed by atoms with Crippen molar-refractivity contribution in [3.63, 3.8) is 0 Å². The molecule has 0 unspecified atom stereocenters. The maximum atomic E-state index is 12.7. The van der Waals surface area contributed by atoms with Crippen LogP contribution in [0.5, 0.6) is 0 Å². The average molecular weight is 479 g/mol. The van der Waals surface area contributed by atoms with Crippen molar-refractivity contribution in [2.45, 2.75) is 57.4 Å². The van der Waals surface area contributed by atoms with E-state index in [-0.39, 0.29) is 43.4 Å². The summed E-state index contributed by atoms with van der Waals surface area (Å²) in [6.45, 7) is 3.07. The van der Waals surface area contributed by atoms with Crippen molar-refractivity contribution in [3.05, 3.63) is 59.7 Å². The normalized spacial score (nSPS) is 18.5. The van der Waals surface area contributed by atoms with Gasteiger partial charge in [0.2, 0.25) is 5.91 Å². The van der Waals surface area contributed by atoms with Crippen molar-refractivity contribution < 1.29 is 24.2 Å². The number of ether oxygens (including phenoxy) is 1. The number of benzene rings is 2. The third-order valence-corrected chi connectivity index (χ3v) is 7.11. The summed E-state index contributed by atoms with van der Waals surface area (Å²) >= 11 is 0. The fourth-order valence-electron chi connectivity index (χ4n) is 5.44. The number of fused-ring (bicyclic) bond motifs is 3. The van der Waals surface area contributed by atoms with E-state index in [1.165, 1.54) is 22.3 Å². The number of amides is 2. The van der Waals surface area contributed by atoms with Gasteiger partial charge in [-0.15, -0.1) is 0 Å². The van der Waals surface area contributed by atoms with Crippen LogP contribution in [0, 0.1) is 5.92 Å². The van der Waals surface area contributed by atoms with E-state index >= 15 is 0 Å². The Morgan fingerprint density at radius 1 is 1.00 bits per heavy atom. The van der Waals surface area contributed by atoms with Gasteiger partial charge in [0.25, 0.3) is 0 Å². The second-order valence-corrected chi connectivity index (χ2v) is 9.57. The molecular formula is C28H34N2O5. The SMILES string of the molecule is CCCN(CCC(=O)O)C(=O)C[C@@H]1CC[C@H](NC(=O)OCC2c3ccccc3-c3ccccc32)C1. The minimum Gasteiger partial charge on any atom is -0.481 e. The monoisotopic (exact) mass is 478 g/mol. The molecular weight excluding hydrogens is 444 g/mol. The van der Waals surface area contributed by atoms with Crippen LogP contribution in [0.4, 0.5) is 4.79 Å². The fourth-order valence-corrected chi connectivity index (χ4v) is 5.44. The molecule has 186 valence electrons. The zero-order valence-corrected chi connectivity index (χ0v) is 20.2. The standard InChI is InChI=1S/C28H34N2O5/c1-2-14-30(15-13-27(32)33)26(31)17-19-11-12-20(16-19)29-28(34)35-18-25-23-9-5-3-7-21(23)22-8-4-6-10-24(22)25/h3-10,19-20,25H,2,11-18H2,1H3,(H,29,34)(H,32,33)/t19-,20+/m1/s1. The number of alkyl carbamates (subject to hydrolysis) is 1. The second-order valence-electron chi connectivity index (χ2n) is 9.57. The van der Waals surface area contributed by atoms with Crippen LogP contribution in [0.15, 0.2) is 48.5 Å². The number of carboxylic acid groups (broad SMARTS) is 1. The highest BCUT2D eigenvalue weighted by Crippen LogP contribution is 2.44. The number of carbonyl (C=O) groups is 3. The van der Waals surface area contributed by atoms with Gasteiger partial charge in [0.1, 0.15) is 6.61 Å². The van der Waals surface area contributed by atoms with Crippen molar-refractivity contribution in [1.82, 2.24) is 10.2 Å². The Balaban J connectivity index is 1.26. The summed E-state index contributed by atoms with van der Waals surface area (Å²) in [4.78, 5) is 37.8. The van der Waals surface area contributed by atoms with E-state index in [4.69, 9.17) is 9.84 Å². The van der Waals surface area contributed by atoms with Crippen molar-refractivity contribution in [1.29, 1.82) is 0 Å². The Labute approximate surface area is 206 Å². The number of hydrogen-bond acceptors (Lipinski definition) is 4. The molecule has 2 amide bonds. The lowest BCUT2D eigenvalue weighted by molar-refractivity contribution is -0.138. The first-order chi connectivity index (χ1) is 17.0. The number of rotatable bonds is 10. The lowest BCUT2D eigenvalue weighted by Gasteiger charge is -2.23. The predicted molar refractivity (Wildman–Crippen MR) is 133 cm³/mol. The summed E-state index contributed by atoms with van der Waals surface area (Å²) in [6, 6.07) is 16.5. The van der Waals surface area contributed by atoms with Gasteiger partial charge in [0.15, 0.2) is 0 Å². The number of carbonyl (C=O) groups excluding carboxylic acids is 2. The molecule has 7 nitrogen and oxygen atoms in total. The van der Waals surface area contributed by atoms with Gasteiger partial charge in [-0.25, -0.2) is 4.79 Å². The molecule has 4 rings (SSSR count). The Kier molecular flexibility index (Phi) is 8.06. The van der Waals surface area contributed by atoms with Crippen molar-refractivity contribution in [3.8, 4) is 11.1 Å². The molecule has 35 heavy (non-hydrogen) atoms. The molecule has 0 aliphatic heterocycles. The quantitative estimate of drug-likeness (QED) is 0.512. The van der Waals surface area contributed by atoms with Crippen LogP contribution in [0.25, 0.3) is 11.1 Å². The van der Waals surface area contributed by atoms with Gasteiger partial charge in [-0.1, -0.05) is 55.5 Å². The molecule has 2 aromatic carbocycles. The van der Waals surface area contributed by atoms with E-state index < -0.39 is 12.1 Å². The molecule has 2 atom stereocenters. The number of carboxylic acids is 1. The van der Waals surface area contributed by atoms with E-state index in [1.54, 1.807) is 4.90 Å². The van der Waals surface area contributed by atoms with E-state index in [0.717, 1.165) is 25.7 Å². The number of hydrogen-bond donors (Lipinski definition) is 2. The van der Waals surface area contributed by atoms with Gasteiger partial charge < -0.3 is 20.1 Å². The molecule has 1 saturated carbocycles. The lowest BCUT2D eigenvalue weighted by Crippen LogP contribution is -2.36. The van der Waals surface area contributed by atoms with Crippen molar-refractivity contribution in [2.75, 3.05) is 19.7 Å². The summed E-state index contributed by atoms with van der Waals surface area (Å²) in [6.07, 6.45) is 3.13. The molecule has 0 aromatic heterocycles. The highest BCUT2D eigenvalue weighted by atomic mass is 16.5. The van der Waals surface area contributed by atoms with Gasteiger partial charge in [0.05, 0.1) is 6.42 Å². The van der Waals surface area contributed by atoms with Crippen LogP contribution in [-0.2, 0) is 14.3 Å². The number of aliphatic carboxylic acids is 1. The first kappa shape index (κ1) is 24.8. The maximum absolute atomic E-state index is 12.7.